The number of aliphatic hydroxyl groups excluding tert-OH is 1. The van der Waals surface area contributed by atoms with Crippen LogP contribution in [0.25, 0.3) is 0 Å². The van der Waals surface area contributed by atoms with Gasteiger partial charge in [0.05, 0.1) is 6.61 Å². The molecule has 0 spiro atoms. The van der Waals surface area contributed by atoms with Crippen LogP contribution in [0.2, 0.25) is 0 Å². The van der Waals surface area contributed by atoms with Crippen LogP contribution in [0.3, 0.4) is 0 Å². The van der Waals surface area contributed by atoms with Crippen LogP contribution in [0, 0.1) is 5.92 Å². The fraction of sp³-hybridized carbons (Fsp3) is 1.00. The van der Waals surface area contributed by atoms with Crippen LogP contribution >= 0.6 is 0 Å². The minimum Gasteiger partial charge on any atom is -0.394 e. The van der Waals surface area contributed by atoms with Crippen LogP contribution in [0.4, 0.5) is 0 Å². The summed E-state index contributed by atoms with van der Waals surface area (Å²) < 4.78 is 0. The Morgan fingerprint density at radius 2 is 1.83 bits per heavy atom. The quantitative estimate of drug-likeness (QED) is 0.632. The van der Waals surface area contributed by atoms with Crippen molar-refractivity contribution in [2.24, 2.45) is 5.92 Å². The lowest BCUT2D eigenvalue weighted by Gasteiger charge is -2.35. The van der Waals surface area contributed by atoms with Crippen molar-refractivity contribution in [2.45, 2.75) is 65.5 Å². The second-order valence-electron chi connectivity index (χ2n) is 6.35. The molecule has 0 heterocycles. The highest BCUT2D eigenvalue weighted by Gasteiger charge is 2.27. The van der Waals surface area contributed by atoms with Gasteiger partial charge in [0.25, 0.3) is 0 Å². The van der Waals surface area contributed by atoms with Gasteiger partial charge in [-0.2, -0.15) is 0 Å². The molecule has 0 fully saturated rings. The second kappa shape index (κ2) is 8.89. The van der Waals surface area contributed by atoms with Gasteiger partial charge >= 0.3 is 0 Å². The highest BCUT2D eigenvalue weighted by atomic mass is 16.3. The molecular formula is C15H34N2O. The molecule has 0 aliphatic rings. The van der Waals surface area contributed by atoms with Crippen molar-refractivity contribution in [3.8, 4) is 0 Å². The van der Waals surface area contributed by atoms with Gasteiger partial charge in [-0.3, -0.25) is 0 Å². The Balaban J connectivity index is 4.11. The molecule has 0 aromatic heterocycles. The van der Waals surface area contributed by atoms with E-state index in [0.717, 1.165) is 38.3 Å². The van der Waals surface area contributed by atoms with E-state index in [1.807, 2.05) is 0 Å². The van der Waals surface area contributed by atoms with Crippen LogP contribution in [-0.2, 0) is 0 Å². The topological polar surface area (TPSA) is 35.5 Å². The molecule has 0 aromatic carbocycles. The maximum atomic E-state index is 9.66. The van der Waals surface area contributed by atoms with E-state index in [0.29, 0.717) is 6.04 Å². The van der Waals surface area contributed by atoms with Crippen molar-refractivity contribution in [3.63, 3.8) is 0 Å². The Morgan fingerprint density at radius 3 is 2.22 bits per heavy atom. The molecule has 110 valence electrons. The predicted molar refractivity (Wildman–Crippen MR) is 79.9 cm³/mol. The van der Waals surface area contributed by atoms with E-state index in [1.165, 1.54) is 0 Å². The Kier molecular flexibility index (Phi) is 8.83. The highest BCUT2D eigenvalue weighted by Crippen LogP contribution is 2.18. The van der Waals surface area contributed by atoms with Gasteiger partial charge in [0.1, 0.15) is 0 Å². The van der Waals surface area contributed by atoms with E-state index in [1.54, 1.807) is 0 Å². The second-order valence-corrected chi connectivity index (χ2v) is 6.35. The van der Waals surface area contributed by atoms with Crippen LogP contribution in [0.5, 0.6) is 0 Å². The predicted octanol–water partition coefficient (Wildman–Crippen LogP) is 2.49. The fourth-order valence-corrected chi connectivity index (χ4v) is 2.60. The van der Waals surface area contributed by atoms with Crippen LogP contribution in [0.1, 0.15) is 53.9 Å². The third kappa shape index (κ3) is 7.34. The summed E-state index contributed by atoms with van der Waals surface area (Å²) >= 11 is 0. The van der Waals surface area contributed by atoms with Crippen molar-refractivity contribution in [3.05, 3.63) is 0 Å². The molecule has 0 aliphatic carbocycles. The summed E-state index contributed by atoms with van der Waals surface area (Å²) in [6.45, 7) is 13.4. The SMILES string of the molecule is CCC(CO)(CCCN(C)CC(C)C)NC(C)C. The Hall–Kier alpha value is -0.120. The number of rotatable bonds is 10. The van der Waals surface area contributed by atoms with Gasteiger partial charge in [-0.05, 0) is 38.8 Å². The average Bonchev–Trinajstić information content (AvgIpc) is 2.26. The Bertz CT molecular complexity index is 201. The fourth-order valence-electron chi connectivity index (χ4n) is 2.60. The normalized spacial score (nSPS) is 15.7. The zero-order chi connectivity index (χ0) is 14.2. The van der Waals surface area contributed by atoms with Crippen molar-refractivity contribution in [1.82, 2.24) is 10.2 Å². The smallest absolute Gasteiger partial charge is 0.0613 e. The van der Waals surface area contributed by atoms with Gasteiger partial charge in [0.15, 0.2) is 0 Å². The van der Waals surface area contributed by atoms with Crippen LogP contribution in [-0.4, -0.2) is 48.3 Å². The maximum absolute atomic E-state index is 9.66. The molecular weight excluding hydrogens is 224 g/mol. The molecule has 1 unspecified atom stereocenters. The van der Waals surface area contributed by atoms with E-state index in [-0.39, 0.29) is 12.1 Å². The number of nitrogens with zero attached hydrogens (tertiary/aromatic N) is 1. The first-order valence-electron chi connectivity index (χ1n) is 7.42. The first-order valence-corrected chi connectivity index (χ1v) is 7.42. The molecule has 0 amide bonds. The molecule has 18 heavy (non-hydrogen) atoms. The van der Waals surface area contributed by atoms with Crippen LogP contribution < -0.4 is 5.32 Å². The van der Waals surface area contributed by atoms with E-state index < -0.39 is 0 Å². The molecule has 0 saturated heterocycles. The number of hydrogen-bond acceptors (Lipinski definition) is 3. The highest BCUT2D eigenvalue weighted by molar-refractivity contribution is 4.87. The molecule has 0 aliphatic heterocycles. The Labute approximate surface area is 114 Å². The van der Waals surface area contributed by atoms with Gasteiger partial charge < -0.3 is 15.3 Å². The summed E-state index contributed by atoms with van der Waals surface area (Å²) in [6, 6.07) is 0.422. The van der Waals surface area contributed by atoms with Gasteiger partial charge in [0.2, 0.25) is 0 Å². The minimum absolute atomic E-state index is 0.0904. The van der Waals surface area contributed by atoms with Crippen molar-refractivity contribution < 1.29 is 5.11 Å². The summed E-state index contributed by atoms with van der Waals surface area (Å²) in [7, 11) is 2.18. The van der Waals surface area contributed by atoms with Crippen LogP contribution in [0.15, 0.2) is 0 Å². The molecule has 0 radical (unpaired) electrons. The summed E-state index contributed by atoms with van der Waals surface area (Å²) in [5, 5.41) is 13.2. The van der Waals surface area contributed by atoms with Crippen molar-refractivity contribution in [2.75, 3.05) is 26.7 Å². The van der Waals surface area contributed by atoms with Crippen molar-refractivity contribution in [1.29, 1.82) is 0 Å². The summed E-state index contributed by atoms with van der Waals surface area (Å²) in [5.74, 6) is 0.720. The lowest BCUT2D eigenvalue weighted by Crippen LogP contribution is -2.51. The van der Waals surface area contributed by atoms with Crippen molar-refractivity contribution >= 4 is 0 Å². The van der Waals surface area contributed by atoms with Gasteiger partial charge in [-0.25, -0.2) is 0 Å². The molecule has 0 bridgehead atoms. The lowest BCUT2D eigenvalue weighted by molar-refractivity contribution is 0.131. The monoisotopic (exact) mass is 258 g/mol. The molecule has 1 atom stereocenters. The maximum Gasteiger partial charge on any atom is 0.0613 e. The molecule has 3 nitrogen and oxygen atoms in total. The van der Waals surface area contributed by atoms with Gasteiger partial charge in [-0.15, -0.1) is 0 Å². The summed E-state index contributed by atoms with van der Waals surface area (Å²) in [5.41, 5.74) is -0.0904. The molecule has 0 rings (SSSR count). The number of aliphatic hydroxyl groups is 1. The minimum atomic E-state index is -0.0904. The Morgan fingerprint density at radius 1 is 1.22 bits per heavy atom. The van der Waals surface area contributed by atoms with E-state index in [4.69, 9.17) is 0 Å². The average molecular weight is 258 g/mol. The molecule has 0 saturated carbocycles. The van der Waals surface area contributed by atoms with E-state index in [2.05, 4.69) is 51.9 Å². The third-order valence-electron chi connectivity index (χ3n) is 3.45. The first kappa shape index (κ1) is 17.9. The van der Waals surface area contributed by atoms with Gasteiger partial charge in [-0.1, -0.05) is 34.6 Å². The van der Waals surface area contributed by atoms with E-state index >= 15 is 0 Å². The summed E-state index contributed by atoms with van der Waals surface area (Å²) in [4.78, 5) is 2.39. The number of hydrogen-bond donors (Lipinski definition) is 2. The first-order chi connectivity index (χ1) is 8.35. The molecule has 0 aromatic rings. The van der Waals surface area contributed by atoms with E-state index in [9.17, 15) is 5.11 Å². The zero-order valence-corrected chi connectivity index (χ0v) is 13.3. The third-order valence-corrected chi connectivity index (χ3v) is 3.45. The lowest BCUT2D eigenvalue weighted by atomic mass is 9.90. The molecule has 3 heteroatoms. The summed E-state index contributed by atoms with van der Waals surface area (Å²) in [6.07, 6.45) is 3.16. The standard InChI is InChI=1S/C15H34N2O/c1-7-15(12-18,16-14(4)5)9-8-10-17(6)11-13(2)3/h13-14,16,18H,7-12H2,1-6H3. The molecule has 2 N–H and O–H groups in total. The van der Waals surface area contributed by atoms with Gasteiger partial charge in [0, 0.05) is 18.1 Å². The zero-order valence-electron chi connectivity index (χ0n) is 13.3. The number of nitrogens with one attached hydrogen (secondary N) is 1. The largest absolute Gasteiger partial charge is 0.394 e.